The molecule has 1 saturated carbocycles. The largest absolute Gasteiger partial charge is 0.327 e. The van der Waals surface area contributed by atoms with E-state index < -0.39 is 0 Å². The Bertz CT molecular complexity index is 189. The minimum absolute atomic E-state index is 0.514. The lowest BCUT2D eigenvalue weighted by molar-refractivity contribution is 0.702. The fourth-order valence-corrected chi connectivity index (χ4v) is 3.42. The van der Waals surface area contributed by atoms with Crippen LogP contribution in [0.1, 0.15) is 33.1 Å². The molecular formula is C11H23NS. The lowest BCUT2D eigenvalue weighted by atomic mass is 10.2. The third-order valence-corrected chi connectivity index (χ3v) is 4.86. The zero-order chi connectivity index (χ0) is 9.84. The fourth-order valence-electron chi connectivity index (χ4n) is 2.06. The maximum atomic E-state index is 5.96. The number of hydrogen-bond donors (Lipinski definition) is 1. The second kappa shape index (κ2) is 5.16. The summed E-state index contributed by atoms with van der Waals surface area (Å²) in [5, 5.41) is 2.50. The highest BCUT2D eigenvalue weighted by Gasteiger charge is 2.44. The Morgan fingerprint density at radius 2 is 2.00 bits per heavy atom. The molecule has 1 aliphatic carbocycles. The van der Waals surface area contributed by atoms with Crippen molar-refractivity contribution in [2.75, 3.05) is 12.0 Å². The van der Waals surface area contributed by atoms with Crippen LogP contribution in [0, 0.1) is 11.8 Å². The highest BCUT2D eigenvalue weighted by molar-refractivity contribution is 8.14. The van der Waals surface area contributed by atoms with Gasteiger partial charge in [-0.15, -0.1) is 0 Å². The Morgan fingerprint density at radius 3 is 2.46 bits per heavy atom. The molecule has 2 N–H and O–H groups in total. The van der Waals surface area contributed by atoms with Crippen LogP contribution in [-0.4, -0.2) is 23.4 Å². The summed E-state index contributed by atoms with van der Waals surface area (Å²) >= 11 is 0. The monoisotopic (exact) mass is 201 g/mol. The normalized spacial score (nSPS) is 34.9. The molecule has 1 aliphatic rings. The van der Waals surface area contributed by atoms with Crippen molar-refractivity contribution in [1.82, 2.24) is 0 Å². The van der Waals surface area contributed by atoms with Crippen LogP contribution in [0.25, 0.3) is 0 Å². The van der Waals surface area contributed by atoms with Gasteiger partial charge in [-0.05, 0) is 36.7 Å². The quantitative estimate of drug-likeness (QED) is 0.679. The van der Waals surface area contributed by atoms with E-state index in [1.165, 1.54) is 25.0 Å². The minimum atomic E-state index is 0.514. The van der Waals surface area contributed by atoms with Crippen LogP contribution < -0.4 is 5.73 Å². The van der Waals surface area contributed by atoms with Gasteiger partial charge in [-0.2, -0.15) is 10.5 Å². The first-order valence-corrected chi connectivity index (χ1v) is 7.27. The van der Waals surface area contributed by atoms with Crippen LogP contribution in [0.2, 0.25) is 0 Å². The van der Waals surface area contributed by atoms with Gasteiger partial charge >= 0.3 is 0 Å². The summed E-state index contributed by atoms with van der Waals surface area (Å²) < 4.78 is 0. The van der Waals surface area contributed by atoms with Crippen molar-refractivity contribution in [3.05, 3.63) is 0 Å². The standard InChI is InChI=1S/C11H23NS/c1-4-7-13(3)8-6-10-9(5-2)11(10)12/h8-11H,4-7,12H2,1-3H3. The zero-order valence-corrected chi connectivity index (χ0v) is 9.94. The average molecular weight is 201 g/mol. The molecular weight excluding hydrogens is 178 g/mol. The smallest absolute Gasteiger partial charge is 0.0105 e. The van der Waals surface area contributed by atoms with Gasteiger partial charge in [0.05, 0.1) is 0 Å². The van der Waals surface area contributed by atoms with E-state index in [2.05, 4.69) is 25.5 Å². The Balaban J connectivity index is 2.23. The van der Waals surface area contributed by atoms with Crippen molar-refractivity contribution in [2.24, 2.45) is 17.6 Å². The van der Waals surface area contributed by atoms with Crippen molar-refractivity contribution in [2.45, 2.75) is 39.2 Å². The van der Waals surface area contributed by atoms with Gasteiger partial charge in [0.15, 0.2) is 0 Å². The van der Waals surface area contributed by atoms with Crippen molar-refractivity contribution in [1.29, 1.82) is 0 Å². The molecule has 0 aromatic heterocycles. The highest BCUT2D eigenvalue weighted by Crippen LogP contribution is 2.42. The Kier molecular flexibility index (Phi) is 4.47. The van der Waals surface area contributed by atoms with E-state index in [-0.39, 0.29) is 0 Å². The van der Waals surface area contributed by atoms with Gasteiger partial charge in [-0.25, -0.2) is 0 Å². The van der Waals surface area contributed by atoms with Crippen molar-refractivity contribution >= 4 is 15.9 Å². The molecule has 0 aromatic rings. The van der Waals surface area contributed by atoms with E-state index in [0.29, 0.717) is 16.5 Å². The fraction of sp³-hybridized carbons (Fsp3) is 0.909. The molecule has 78 valence electrons. The molecule has 13 heavy (non-hydrogen) atoms. The third kappa shape index (κ3) is 3.10. The molecule has 1 fully saturated rings. The second-order valence-electron chi connectivity index (χ2n) is 4.11. The Morgan fingerprint density at radius 1 is 1.31 bits per heavy atom. The van der Waals surface area contributed by atoms with Gasteiger partial charge in [0, 0.05) is 6.04 Å². The van der Waals surface area contributed by atoms with Crippen molar-refractivity contribution in [3.8, 4) is 0 Å². The zero-order valence-electron chi connectivity index (χ0n) is 9.12. The summed E-state index contributed by atoms with van der Waals surface area (Å²) in [5.74, 6) is 3.00. The van der Waals surface area contributed by atoms with Crippen molar-refractivity contribution < 1.29 is 0 Å². The average Bonchev–Trinajstić information content (AvgIpc) is 2.73. The van der Waals surface area contributed by atoms with Crippen LogP contribution in [0.4, 0.5) is 0 Å². The predicted octanol–water partition coefficient (Wildman–Crippen LogP) is 2.47. The van der Waals surface area contributed by atoms with E-state index in [1.807, 2.05) is 0 Å². The molecule has 0 heterocycles. The molecule has 0 aliphatic heterocycles. The van der Waals surface area contributed by atoms with Gasteiger partial charge in [-0.3, -0.25) is 0 Å². The predicted molar refractivity (Wildman–Crippen MR) is 64.6 cm³/mol. The Labute approximate surface area is 85.0 Å². The van der Waals surface area contributed by atoms with Crippen LogP contribution in [-0.2, 0) is 0 Å². The lowest BCUT2D eigenvalue weighted by Gasteiger charge is -1.99. The molecule has 0 saturated heterocycles. The minimum Gasteiger partial charge on any atom is -0.327 e. The molecule has 0 bridgehead atoms. The molecule has 0 aromatic carbocycles. The summed E-state index contributed by atoms with van der Waals surface area (Å²) in [6.07, 6.45) is 6.19. The van der Waals surface area contributed by atoms with Gasteiger partial charge in [-0.1, -0.05) is 25.6 Å². The first-order valence-electron chi connectivity index (χ1n) is 5.40. The summed E-state index contributed by atoms with van der Waals surface area (Å²) in [6, 6.07) is 0.514. The van der Waals surface area contributed by atoms with Gasteiger partial charge in [0.1, 0.15) is 0 Å². The Hall–Kier alpha value is 0.180. The van der Waals surface area contributed by atoms with Gasteiger partial charge in [0.25, 0.3) is 0 Å². The van der Waals surface area contributed by atoms with Crippen LogP contribution in [0.15, 0.2) is 0 Å². The van der Waals surface area contributed by atoms with E-state index >= 15 is 0 Å². The molecule has 4 unspecified atom stereocenters. The van der Waals surface area contributed by atoms with E-state index in [1.54, 1.807) is 0 Å². The molecule has 0 amide bonds. The van der Waals surface area contributed by atoms with Gasteiger partial charge in [0.2, 0.25) is 0 Å². The highest BCUT2D eigenvalue weighted by atomic mass is 32.2. The second-order valence-corrected chi connectivity index (χ2v) is 6.23. The molecule has 0 spiro atoms. The molecule has 4 atom stereocenters. The summed E-state index contributed by atoms with van der Waals surface area (Å²) in [5.41, 5.74) is 5.96. The lowest BCUT2D eigenvalue weighted by Crippen LogP contribution is -2.03. The van der Waals surface area contributed by atoms with E-state index in [0.717, 1.165) is 11.8 Å². The number of rotatable bonds is 5. The molecule has 1 nitrogen and oxygen atoms in total. The molecule has 2 heteroatoms. The van der Waals surface area contributed by atoms with E-state index in [9.17, 15) is 0 Å². The van der Waals surface area contributed by atoms with Gasteiger partial charge < -0.3 is 5.73 Å². The maximum absolute atomic E-state index is 5.96. The summed E-state index contributed by atoms with van der Waals surface area (Å²) in [7, 11) is 0.537. The first-order chi connectivity index (χ1) is 6.20. The molecule has 0 radical (unpaired) electrons. The maximum Gasteiger partial charge on any atom is 0.0105 e. The van der Waals surface area contributed by atoms with Crippen molar-refractivity contribution in [3.63, 3.8) is 0 Å². The molecule has 1 rings (SSSR count). The number of hydrogen-bond acceptors (Lipinski definition) is 1. The van der Waals surface area contributed by atoms with E-state index in [4.69, 9.17) is 5.73 Å². The third-order valence-electron chi connectivity index (χ3n) is 3.05. The SMILES string of the molecule is CCCS(C)=CCC1C(N)C1CC. The number of nitrogens with two attached hydrogens (primary N) is 1. The summed E-state index contributed by atoms with van der Waals surface area (Å²) in [4.78, 5) is 0. The van der Waals surface area contributed by atoms with Crippen LogP contribution in [0.5, 0.6) is 0 Å². The first kappa shape index (κ1) is 11.3. The van der Waals surface area contributed by atoms with Crippen LogP contribution >= 0.6 is 10.5 Å². The van der Waals surface area contributed by atoms with Crippen LogP contribution in [0.3, 0.4) is 0 Å². The summed E-state index contributed by atoms with van der Waals surface area (Å²) in [6.45, 7) is 4.51. The topological polar surface area (TPSA) is 26.0 Å².